The Labute approximate surface area is 118 Å². The molecule has 1 aromatic carbocycles. The third kappa shape index (κ3) is 2.69. The molecule has 0 atom stereocenters. The highest BCUT2D eigenvalue weighted by Gasteiger charge is 2.04. The molecule has 0 radical (unpaired) electrons. The van der Waals surface area contributed by atoms with E-state index < -0.39 is 0 Å². The maximum atomic E-state index is 4.62. The highest BCUT2D eigenvalue weighted by molar-refractivity contribution is 5.56. The number of rotatable bonds is 4. The molecular weight excluding hydrogens is 248 g/mol. The number of hydrogen-bond acceptors (Lipinski definition) is 3. The minimum atomic E-state index is 0.767. The lowest BCUT2D eigenvalue weighted by Gasteiger charge is -2.08. The minimum Gasteiger partial charge on any atom is -0.366 e. The van der Waals surface area contributed by atoms with Crippen molar-refractivity contribution in [3.8, 4) is 11.4 Å². The zero-order valence-corrected chi connectivity index (χ0v) is 11.3. The number of pyridine rings is 1. The highest BCUT2D eigenvalue weighted by atomic mass is 15.0. The van der Waals surface area contributed by atoms with Gasteiger partial charge in [0, 0.05) is 13.6 Å². The Morgan fingerprint density at radius 2 is 1.90 bits per heavy atom. The Balaban J connectivity index is 1.77. The SMILES string of the molecule is Cn1cncc1-c1cccc(NCc2ccccc2)n1. The Bertz CT molecular complexity index is 688. The Morgan fingerprint density at radius 1 is 1.05 bits per heavy atom. The predicted octanol–water partition coefficient (Wildman–Crippen LogP) is 3.09. The van der Waals surface area contributed by atoms with Crippen molar-refractivity contribution in [3.05, 3.63) is 66.6 Å². The van der Waals surface area contributed by atoms with Crippen LogP contribution < -0.4 is 5.32 Å². The summed E-state index contributed by atoms with van der Waals surface area (Å²) >= 11 is 0. The van der Waals surface area contributed by atoms with E-state index in [1.54, 1.807) is 6.33 Å². The first-order chi connectivity index (χ1) is 9.83. The molecule has 0 unspecified atom stereocenters. The molecule has 0 aliphatic carbocycles. The summed E-state index contributed by atoms with van der Waals surface area (Å²) in [5.74, 6) is 0.868. The van der Waals surface area contributed by atoms with Crippen LogP contribution in [0.1, 0.15) is 5.56 Å². The molecule has 0 amide bonds. The van der Waals surface area contributed by atoms with Gasteiger partial charge in [-0.3, -0.25) is 0 Å². The summed E-state index contributed by atoms with van der Waals surface area (Å²) in [7, 11) is 1.97. The van der Waals surface area contributed by atoms with Crippen LogP contribution >= 0.6 is 0 Å². The summed E-state index contributed by atoms with van der Waals surface area (Å²) in [5, 5.41) is 3.34. The highest BCUT2D eigenvalue weighted by Crippen LogP contribution is 2.17. The van der Waals surface area contributed by atoms with Gasteiger partial charge in [-0.15, -0.1) is 0 Å². The predicted molar refractivity (Wildman–Crippen MR) is 80.2 cm³/mol. The molecule has 4 heteroatoms. The third-order valence-electron chi connectivity index (χ3n) is 3.14. The molecule has 0 bridgehead atoms. The summed E-state index contributed by atoms with van der Waals surface area (Å²) in [5.41, 5.74) is 3.16. The van der Waals surface area contributed by atoms with Gasteiger partial charge in [0.05, 0.1) is 23.9 Å². The van der Waals surface area contributed by atoms with E-state index in [4.69, 9.17) is 0 Å². The van der Waals surface area contributed by atoms with Crippen molar-refractivity contribution in [2.75, 3.05) is 5.32 Å². The number of hydrogen-bond donors (Lipinski definition) is 1. The van der Waals surface area contributed by atoms with Gasteiger partial charge in [-0.2, -0.15) is 0 Å². The fourth-order valence-corrected chi connectivity index (χ4v) is 2.07. The molecule has 0 saturated carbocycles. The summed E-state index contributed by atoms with van der Waals surface area (Å²) in [4.78, 5) is 8.74. The van der Waals surface area contributed by atoms with Crippen LogP contribution in [-0.4, -0.2) is 14.5 Å². The van der Waals surface area contributed by atoms with Gasteiger partial charge < -0.3 is 9.88 Å². The molecule has 0 fully saturated rings. The molecule has 4 nitrogen and oxygen atoms in total. The standard InChI is InChI=1S/C16H16N4/c1-20-12-17-11-15(20)14-8-5-9-16(19-14)18-10-13-6-3-2-4-7-13/h2-9,11-12H,10H2,1H3,(H,18,19). The monoisotopic (exact) mass is 264 g/mol. The maximum absolute atomic E-state index is 4.62. The van der Waals surface area contributed by atoms with Crippen molar-refractivity contribution >= 4 is 5.82 Å². The molecule has 0 saturated heterocycles. The normalized spacial score (nSPS) is 10.4. The topological polar surface area (TPSA) is 42.7 Å². The summed E-state index contributed by atoms with van der Waals surface area (Å²) in [6.45, 7) is 0.767. The molecule has 0 spiro atoms. The van der Waals surface area contributed by atoms with E-state index in [2.05, 4.69) is 27.4 Å². The van der Waals surface area contributed by atoms with Gasteiger partial charge in [0.15, 0.2) is 0 Å². The average molecular weight is 264 g/mol. The lowest BCUT2D eigenvalue weighted by molar-refractivity contribution is 0.916. The van der Waals surface area contributed by atoms with Crippen molar-refractivity contribution in [1.29, 1.82) is 0 Å². The minimum absolute atomic E-state index is 0.767. The first-order valence-electron chi connectivity index (χ1n) is 6.54. The zero-order valence-electron chi connectivity index (χ0n) is 11.3. The van der Waals surface area contributed by atoms with Gasteiger partial charge >= 0.3 is 0 Å². The van der Waals surface area contributed by atoms with Crippen LogP contribution in [0, 0.1) is 0 Å². The number of anilines is 1. The molecule has 3 aromatic rings. The second-order valence-electron chi connectivity index (χ2n) is 4.64. The van der Waals surface area contributed by atoms with E-state index in [9.17, 15) is 0 Å². The Hall–Kier alpha value is -2.62. The zero-order chi connectivity index (χ0) is 13.8. The van der Waals surface area contributed by atoms with E-state index in [1.165, 1.54) is 5.56 Å². The number of aromatic nitrogens is 3. The van der Waals surface area contributed by atoms with E-state index in [-0.39, 0.29) is 0 Å². The summed E-state index contributed by atoms with van der Waals surface area (Å²) < 4.78 is 1.96. The number of nitrogens with one attached hydrogen (secondary N) is 1. The number of aryl methyl sites for hydroxylation is 1. The first kappa shape index (κ1) is 12.4. The van der Waals surface area contributed by atoms with Crippen molar-refractivity contribution in [2.45, 2.75) is 6.54 Å². The molecule has 100 valence electrons. The molecule has 1 N–H and O–H groups in total. The molecule has 0 aliphatic rings. The van der Waals surface area contributed by atoms with Crippen molar-refractivity contribution in [3.63, 3.8) is 0 Å². The van der Waals surface area contributed by atoms with Gasteiger partial charge in [-0.1, -0.05) is 36.4 Å². The fourth-order valence-electron chi connectivity index (χ4n) is 2.07. The average Bonchev–Trinajstić information content (AvgIpc) is 2.93. The quantitative estimate of drug-likeness (QED) is 0.787. The second kappa shape index (κ2) is 5.57. The van der Waals surface area contributed by atoms with Crippen LogP contribution in [0.2, 0.25) is 0 Å². The number of benzene rings is 1. The van der Waals surface area contributed by atoms with Crippen LogP contribution in [0.4, 0.5) is 5.82 Å². The molecule has 2 aromatic heterocycles. The van der Waals surface area contributed by atoms with E-state index in [0.29, 0.717) is 0 Å². The number of imidazole rings is 1. The smallest absolute Gasteiger partial charge is 0.126 e. The Kier molecular flexibility index (Phi) is 3.46. The largest absolute Gasteiger partial charge is 0.366 e. The van der Waals surface area contributed by atoms with Gasteiger partial charge in [0.2, 0.25) is 0 Å². The molecule has 0 aliphatic heterocycles. The van der Waals surface area contributed by atoms with Gasteiger partial charge in [0.25, 0.3) is 0 Å². The van der Waals surface area contributed by atoms with Crippen molar-refractivity contribution < 1.29 is 0 Å². The summed E-state index contributed by atoms with van der Waals surface area (Å²) in [6, 6.07) is 16.3. The van der Waals surface area contributed by atoms with Crippen molar-refractivity contribution in [2.24, 2.45) is 7.05 Å². The van der Waals surface area contributed by atoms with E-state index in [1.807, 2.05) is 54.2 Å². The van der Waals surface area contributed by atoms with Crippen LogP contribution in [0.15, 0.2) is 61.1 Å². The molecule has 20 heavy (non-hydrogen) atoms. The van der Waals surface area contributed by atoms with Crippen LogP contribution in [0.3, 0.4) is 0 Å². The Morgan fingerprint density at radius 3 is 2.65 bits per heavy atom. The second-order valence-corrected chi connectivity index (χ2v) is 4.64. The van der Waals surface area contributed by atoms with E-state index >= 15 is 0 Å². The van der Waals surface area contributed by atoms with Gasteiger partial charge in [-0.25, -0.2) is 9.97 Å². The molecule has 2 heterocycles. The maximum Gasteiger partial charge on any atom is 0.126 e. The van der Waals surface area contributed by atoms with Gasteiger partial charge in [0.1, 0.15) is 5.82 Å². The molecule has 3 rings (SSSR count). The number of nitrogens with zero attached hydrogens (tertiary/aromatic N) is 3. The fraction of sp³-hybridized carbons (Fsp3) is 0.125. The van der Waals surface area contributed by atoms with Crippen LogP contribution in [0.5, 0.6) is 0 Å². The molecular formula is C16H16N4. The first-order valence-corrected chi connectivity index (χ1v) is 6.54. The van der Waals surface area contributed by atoms with E-state index in [0.717, 1.165) is 23.8 Å². The summed E-state index contributed by atoms with van der Waals surface area (Å²) in [6.07, 6.45) is 3.60. The van der Waals surface area contributed by atoms with Gasteiger partial charge in [-0.05, 0) is 17.7 Å². The van der Waals surface area contributed by atoms with Crippen molar-refractivity contribution in [1.82, 2.24) is 14.5 Å². The lowest BCUT2D eigenvalue weighted by atomic mass is 10.2. The van der Waals surface area contributed by atoms with Crippen LogP contribution in [0.25, 0.3) is 11.4 Å². The third-order valence-corrected chi connectivity index (χ3v) is 3.14. The van der Waals surface area contributed by atoms with Crippen LogP contribution in [-0.2, 0) is 13.6 Å². The lowest BCUT2D eigenvalue weighted by Crippen LogP contribution is -2.02.